The number of nitrogens with zero attached hydrogens (tertiary/aromatic N) is 1. The van der Waals surface area contributed by atoms with Gasteiger partial charge in [-0.1, -0.05) is 24.6 Å². The summed E-state index contributed by atoms with van der Waals surface area (Å²) in [6.45, 7) is 8.12. The quantitative estimate of drug-likeness (QED) is 0.896. The van der Waals surface area contributed by atoms with Crippen LogP contribution in [-0.4, -0.2) is 30.1 Å². The van der Waals surface area contributed by atoms with Gasteiger partial charge in [-0.15, -0.1) is 0 Å². The Morgan fingerprint density at radius 3 is 2.68 bits per heavy atom. The Kier molecular flexibility index (Phi) is 3.90. The lowest BCUT2D eigenvalue weighted by atomic mass is 9.98. The molecule has 2 saturated heterocycles. The zero-order valence-electron chi connectivity index (χ0n) is 12.3. The number of hydrogen-bond acceptors (Lipinski definition) is 2. The van der Waals surface area contributed by atoms with E-state index in [4.69, 9.17) is 0 Å². The van der Waals surface area contributed by atoms with Crippen molar-refractivity contribution in [3.8, 4) is 0 Å². The molecule has 1 aromatic rings. The molecule has 0 aliphatic carbocycles. The van der Waals surface area contributed by atoms with E-state index in [1.165, 1.54) is 55.5 Å². The third-order valence-corrected chi connectivity index (χ3v) is 5.04. The molecule has 104 valence electrons. The first-order chi connectivity index (χ1) is 9.25. The van der Waals surface area contributed by atoms with Crippen molar-refractivity contribution < 1.29 is 0 Å². The maximum absolute atomic E-state index is 3.84. The number of hydrogen-bond donors (Lipinski definition) is 1. The molecule has 19 heavy (non-hydrogen) atoms. The largest absolute Gasteiger partial charge is 0.308 e. The van der Waals surface area contributed by atoms with E-state index in [2.05, 4.69) is 42.3 Å². The maximum atomic E-state index is 3.84. The lowest BCUT2D eigenvalue weighted by Crippen LogP contribution is -2.44. The van der Waals surface area contributed by atoms with Gasteiger partial charge in [0.25, 0.3) is 0 Å². The topological polar surface area (TPSA) is 15.3 Å². The molecule has 1 N–H and O–H groups in total. The molecule has 0 spiro atoms. The van der Waals surface area contributed by atoms with Crippen LogP contribution >= 0.6 is 0 Å². The van der Waals surface area contributed by atoms with Gasteiger partial charge in [0.05, 0.1) is 0 Å². The summed E-state index contributed by atoms with van der Waals surface area (Å²) < 4.78 is 0. The van der Waals surface area contributed by atoms with Gasteiger partial charge in [-0.05, 0) is 56.3 Å². The van der Waals surface area contributed by atoms with Crippen molar-refractivity contribution in [1.82, 2.24) is 10.2 Å². The van der Waals surface area contributed by atoms with Gasteiger partial charge in [-0.2, -0.15) is 0 Å². The summed E-state index contributed by atoms with van der Waals surface area (Å²) in [5.74, 6) is 0. The molecule has 0 saturated carbocycles. The Morgan fingerprint density at radius 2 is 1.89 bits per heavy atom. The van der Waals surface area contributed by atoms with Gasteiger partial charge < -0.3 is 5.32 Å². The minimum absolute atomic E-state index is 0.708. The fourth-order valence-corrected chi connectivity index (χ4v) is 3.85. The van der Waals surface area contributed by atoms with Crippen LogP contribution in [0.3, 0.4) is 0 Å². The van der Waals surface area contributed by atoms with Crippen LogP contribution in [0.5, 0.6) is 0 Å². The van der Waals surface area contributed by atoms with Crippen molar-refractivity contribution in [2.24, 2.45) is 0 Å². The van der Waals surface area contributed by atoms with E-state index in [0.29, 0.717) is 6.04 Å². The normalized spacial score (nSPS) is 27.5. The molecule has 2 heterocycles. The molecule has 0 radical (unpaired) electrons. The zero-order valence-corrected chi connectivity index (χ0v) is 12.3. The molecule has 2 unspecified atom stereocenters. The van der Waals surface area contributed by atoms with Gasteiger partial charge in [0, 0.05) is 25.2 Å². The van der Waals surface area contributed by atoms with Crippen molar-refractivity contribution in [1.29, 1.82) is 0 Å². The van der Waals surface area contributed by atoms with E-state index in [1.54, 1.807) is 0 Å². The molecule has 1 aromatic carbocycles. The first kappa shape index (κ1) is 13.1. The van der Waals surface area contributed by atoms with E-state index < -0.39 is 0 Å². The Bertz CT molecular complexity index is 421. The van der Waals surface area contributed by atoms with Crippen LogP contribution < -0.4 is 5.32 Å². The van der Waals surface area contributed by atoms with Crippen LogP contribution in [-0.2, 0) is 6.54 Å². The molecule has 0 bridgehead atoms. The monoisotopic (exact) mass is 258 g/mol. The highest BCUT2D eigenvalue weighted by molar-refractivity contribution is 5.33. The summed E-state index contributed by atoms with van der Waals surface area (Å²) in [6.07, 6.45) is 5.54. The Labute approximate surface area is 117 Å². The van der Waals surface area contributed by atoms with Crippen molar-refractivity contribution in [2.45, 2.75) is 58.2 Å². The second-order valence-electron chi connectivity index (χ2n) is 6.25. The van der Waals surface area contributed by atoms with Gasteiger partial charge in [-0.25, -0.2) is 0 Å². The SMILES string of the molecule is Cc1cccc(C)c1CNC1CCN2CCCCC12. The van der Waals surface area contributed by atoms with Crippen LogP contribution in [0.25, 0.3) is 0 Å². The predicted molar refractivity (Wildman–Crippen MR) is 80.4 cm³/mol. The molecule has 2 aliphatic rings. The fourth-order valence-electron chi connectivity index (χ4n) is 3.85. The molecule has 2 atom stereocenters. The molecular weight excluding hydrogens is 232 g/mol. The summed E-state index contributed by atoms with van der Waals surface area (Å²) in [5.41, 5.74) is 4.34. The van der Waals surface area contributed by atoms with Crippen LogP contribution in [0.4, 0.5) is 0 Å². The highest BCUT2D eigenvalue weighted by Gasteiger charge is 2.34. The average Bonchev–Trinajstić information content (AvgIpc) is 2.82. The Balaban J connectivity index is 1.63. The van der Waals surface area contributed by atoms with Crippen LogP contribution in [0, 0.1) is 13.8 Å². The van der Waals surface area contributed by atoms with Gasteiger partial charge in [-0.3, -0.25) is 4.90 Å². The highest BCUT2D eigenvalue weighted by Crippen LogP contribution is 2.27. The standard InChI is InChI=1S/C17H26N2/c1-13-6-5-7-14(2)15(13)12-18-16-9-11-19-10-4-3-8-17(16)19/h5-7,16-18H,3-4,8-12H2,1-2H3. The maximum Gasteiger partial charge on any atom is 0.0249 e. The van der Waals surface area contributed by atoms with Gasteiger partial charge >= 0.3 is 0 Å². The average molecular weight is 258 g/mol. The van der Waals surface area contributed by atoms with Crippen LogP contribution in [0.1, 0.15) is 42.4 Å². The second-order valence-corrected chi connectivity index (χ2v) is 6.25. The lowest BCUT2D eigenvalue weighted by Gasteiger charge is -2.32. The zero-order chi connectivity index (χ0) is 13.2. The Hall–Kier alpha value is -0.860. The number of nitrogens with one attached hydrogen (secondary N) is 1. The van der Waals surface area contributed by atoms with Crippen molar-refractivity contribution in [3.05, 3.63) is 34.9 Å². The molecule has 2 fully saturated rings. The van der Waals surface area contributed by atoms with E-state index in [9.17, 15) is 0 Å². The third kappa shape index (κ3) is 2.70. The van der Waals surface area contributed by atoms with Crippen LogP contribution in [0.2, 0.25) is 0 Å². The lowest BCUT2D eigenvalue weighted by molar-refractivity contribution is 0.180. The summed E-state index contributed by atoms with van der Waals surface area (Å²) >= 11 is 0. The third-order valence-electron chi connectivity index (χ3n) is 5.04. The number of fused-ring (bicyclic) bond motifs is 1. The first-order valence-corrected chi connectivity index (χ1v) is 7.78. The smallest absolute Gasteiger partial charge is 0.0249 e. The second kappa shape index (κ2) is 5.64. The highest BCUT2D eigenvalue weighted by atomic mass is 15.2. The summed E-state index contributed by atoms with van der Waals surface area (Å²) in [6, 6.07) is 8.13. The molecule has 2 heteroatoms. The molecule has 0 amide bonds. The number of benzene rings is 1. The molecule has 3 rings (SSSR count). The minimum Gasteiger partial charge on any atom is -0.308 e. The summed E-state index contributed by atoms with van der Waals surface area (Å²) in [5, 5.41) is 3.84. The van der Waals surface area contributed by atoms with Crippen molar-refractivity contribution >= 4 is 0 Å². The fraction of sp³-hybridized carbons (Fsp3) is 0.647. The molecule has 2 aliphatic heterocycles. The molecule has 2 nitrogen and oxygen atoms in total. The predicted octanol–water partition coefficient (Wildman–Crippen LogP) is 3.02. The first-order valence-electron chi connectivity index (χ1n) is 7.78. The van der Waals surface area contributed by atoms with Gasteiger partial charge in [0.15, 0.2) is 0 Å². The van der Waals surface area contributed by atoms with E-state index in [-0.39, 0.29) is 0 Å². The molecular formula is C17H26N2. The van der Waals surface area contributed by atoms with E-state index in [0.717, 1.165) is 12.6 Å². The van der Waals surface area contributed by atoms with Gasteiger partial charge in [0.2, 0.25) is 0 Å². The minimum atomic E-state index is 0.708. The van der Waals surface area contributed by atoms with Gasteiger partial charge in [0.1, 0.15) is 0 Å². The number of aryl methyl sites for hydroxylation is 2. The van der Waals surface area contributed by atoms with E-state index in [1.807, 2.05) is 0 Å². The summed E-state index contributed by atoms with van der Waals surface area (Å²) in [7, 11) is 0. The van der Waals surface area contributed by atoms with Crippen molar-refractivity contribution in [3.63, 3.8) is 0 Å². The summed E-state index contributed by atoms with van der Waals surface area (Å²) in [4.78, 5) is 2.70. The Morgan fingerprint density at radius 1 is 1.11 bits per heavy atom. The number of piperidine rings is 1. The molecule has 0 aromatic heterocycles. The van der Waals surface area contributed by atoms with Crippen LogP contribution in [0.15, 0.2) is 18.2 Å². The van der Waals surface area contributed by atoms with E-state index >= 15 is 0 Å². The van der Waals surface area contributed by atoms with Crippen molar-refractivity contribution in [2.75, 3.05) is 13.1 Å². The number of rotatable bonds is 3.